The fourth-order valence-corrected chi connectivity index (χ4v) is 2.94. The first-order valence-electron chi connectivity index (χ1n) is 10.9. The Morgan fingerprint density at radius 2 is 1.31 bits per heavy atom. The molecule has 0 saturated carbocycles. The first-order chi connectivity index (χ1) is 13.4. The van der Waals surface area contributed by atoms with Gasteiger partial charge in [0.1, 0.15) is 0 Å². The van der Waals surface area contributed by atoms with Gasteiger partial charge in [-0.2, -0.15) is 23.3 Å². The Kier molecular flexibility index (Phi) is 20.7. The molecule has 0 amide bonds. The number of hydrogen-bond donors (Lipinski definition) is 0. The molecular formula is C27H42SiZr. The number of hydrogen-bond acceptors (Lipinski definition) is 0. The Morgan fingerprint density at radius 1 is 0.897 bits per heavy atom. The zero-order chi connectivity index (χ0) is 21.4. The zero-order valence-corrected chi connectivity index (χ0v) is 23.8. The molecule has 0 nitrogen and oxygen atoms in total. The smallest absolute Gasteiger partial charge is 0.269 e. The molecule has 0 fully saturated rings. The van der Waals surface area contributed by atoms with Gasteiger partial charge in [0.05, 0.1) is 0 Å². The fraction of sp³-hybridized carbons (Fsp3) is 0.556. The Labute approximate surface area is 204 Å². The van der Waals surface area contributed by atoms with Crippen molar-refractivity contribution in [3.05, 3.63) is 70.4 Å². The van der Waals surface area contributed by atoms with Crippen molar-refractivity contribution in [1.29, 1.82) is 0 Å². The second kappa shape index (κ2) is 19.5. The molecule has 3 rings (SSSR count). The normalized spacial score (nSPS) is 18.3. The average Bonchev–Trinajstić information content (AvgIpc) is 3.40. The molecule has 2 radical (unpaired) electrons. The molecule has 1 unspecified atom stereocenters. The molecule has 1 atom stereocenters. The van der Waals surface area contributed by atoms with Gasteiger partial charge in [-0.1, -0.05) is 79.3 Å². The molecular weight excluding hydrogens is 444 g/mol. The Balaban J connectivity index is 0. The third-order valence-corrected chi connectivity index (χ3v) is 4.81. The third kappa shape index (κ3) is 14.2. The molecule has 3 aliphatic rings. The van der Waals surface area contributed by atoms with E-state index in [4.69, 9.17) is 0 Å². The minimum atomic E-state index is 0. The molecule has 0 bridgehead atoms. The second-order valence-electron chi connectivity index (χ2n) is 7.49. The van der Waals surface area contributed by atoms with Crippen LogP contribution in [0.5, 0.6) is 0 Å². The summed E-state index contributed by atoms with van der Waals surface area (Å²) in [7, 11) is 0.750. The summed E-state index contributed by atoms with van der Waals surface area (Å²) in [6, 6.07) is 0. The summed E-state index contributed by atoms with van der Waals surface area (Å²) in [5.41, 5.74) is 7.04. The van der Waals surface area contributed by atoms with Crippen molar-refractivity contribution in [3.8, 4) is 0 Å². The van der Waals surface area contributed by atoms with Crippen LogP contribution in [-0.2, 0) is 26.2 Å². The van der Waals surface area contributed by atoms with E-state index in [9.17, 15) is 0 Å². The summed E-state index contributed by atoms with van der Waals surface area (Å²) in [4.78, 5) is 0. The Bertz CT molecular complexity index is 582. The van der Waals surface area contributed by atoms with E-state index in [0.29, 0.717) is 5.92 Å². The van der Waals surface area contributed by atoms with Gasteiger partial charge in [-0.05, 0) is 0 Å². The van der Waals surface area contributed by atoms with Crippen molar-refractivity contribution in [2.24, 2.45) is 5.92 Å². The molecule has 0 aromatic rings. The predicted octanol–water partition coefficient (Wildman–Crippen LogP) is 8.19. The van der Waals surface area contributed by atoms with Gasteiger partial charge in [-0.15, -0.1) is 19.8 Å². The van der Waals surface area contributed by atoms with E-state index >= 15 is 0 Å². The molecule has 29 heavy (non-hydrogen) atoms. The van der Waals surface area contributed by atoms with Crippen LogP contribution in [-0.4, -0.2) is 9.52 Å². The van der Waals surface area contributed by atoms with E-state index in [0.717, 1.165) is 22.4 Å². The van der Waals surface area contributed by atoms with Gasteiger partial charge in [0.15, 0.2) is 0 Å². The zero-order valence-electron chi connectivity index (χ0n) is 20.2. The SMILES string of the molecule is CC1=[C-]C(C)C(C)=C1C.CCCC1=[C-]CC=C1.CCCC1=[C-]CC=C1.C[SiH]C.[Zr+3]. The van der Waals surface area contributed by atoms with Gasteiger partial charge in [0, 0.05) is 9.52 Å². The summed E-state index contributed by atoms with van der Waals surface area (Å²) in [6.07, 6.45) is 25.5. The van der Waals surface area contributed by atoms with Crippen molar-refractivity contribution >= 4 is 9.52 Å². The minimum absolute atomic E-state index is 0. The van der Waals surface area contributed by atoms with Gasteiger partial charge in [-0.25, -0.2) is 28.9 Å². The van der Waals surface area contributed by atoms with E-state index in [2.05, 4.69) is 97.2 Å². The Hall–Kier alpha value is -0.460. The van der Waals surface area contributed by atoms with Crippen LogP contribution in [0, 0.1) is 24.1 Å². The van der Waals surface area contributed by atoms with Gasteiger partial charge >= 0.3 is 26.2 Å². The quantitative estimate of drug-likeness (QED) is 0.278. The van der Waals surface area contributed by atoms with Crippen LogP contribution in [0.4, 0.5) is 0 Å². The molecule has 0 saturated heterocycles. The standard InChI is InChI=1S/C9H13.2C8H11.C2H7Si.Zr/c1-6-5-7(2)9(4)8(6)3;2*1-2-5-8-6-3-4-7-8;1-3-2;/h6H,1-4H3;2*3,6H,2,4-5H2,1H3;3H,1-2H3;/q3*-1;;+3. The van der Waals surface area contributed by atoms with Crippen molar-refractivity contribution in [1.82, 2.24) is 0 Å². The van der Waals surface area contributed by atoms with E-state index in [-0.39, 0.29) is 26.2 Å². The summed E-state index contributed by atoms with van der Waals surface area (Å²) in [5.74, 6) is 0.560. The largest absolute Gasteiger partial charge is 3.00 e. The van der Waals surface area contributed by atoms with Crippen LogP contribution in [0.1, 0.15) is 80.1 Å². The molecule has 0 spiro atoms. The van der Waals surface area contributed by atoms with Gasteiger partial charge in [-0.3, -0.25) is 18.2 Å². The first kappa shape index (κ1) is 30.7. The minimum Gasteiger partial charge on any atom is -0.269 e. The third-order valence-electron chi connectivity index (χ3n) is 4.81. The van der Waals surface area contributed by atoms with E-state index in [1.807, 2.05) is 0 Å². The summed E-state index contributed by atoms with van der Waals surface area (Å²) in [5, 5.41) is 0. The van der Waals surface area contributed by atoms with Crippen LogP contribution < -0.4 is 0 Å². The molecule has 0 N–H and O–H groups in total. The molecule has 3 aliphatic carbocycles. The van der Waals surface area contributed by atoms with Gasteiger partial charge in [0.25, 0.3) is 0 Å². The van der Waals surface area contributed by atoms with Crippen LogP contribution in [0.15, 0.2) is 52.2 Å². The van der Waals surface area contributed by atoms with Crippen molar-refractivity contribution in [2.45, 2.75) is 93.2 Å². The van der Waals surface area contributed by atoms with E-state index < -0.39 is 0 Å². The van der Waals surface area contributed by atoms with Gasteiger partial charge in [0.2, 0.25) is 0 Å². The maximum atomic E-state index is 3.36. The second-order valence-corrected chi connectivity index (χ2v) is 8.65. The molecule has 0 aromatic carbocycles. The molecule has 158 valence electrons. The van der Waals surface area contributed by atoms with Crippen LogP contribution in [0.2, 0.25) is 13.1 Å². The van der Waals surface area contributed by atoms with Crippen molar-refractivity contribution in [3.63, 3.8) is 0 Å². The Morgan fingerprint density at radius 3 is 1.48 bits per heavy atom. The topological polar surface area (TPSA) is 0 Å². The van der Waals surface area contributed by atoms with E-state index in [1.165, 1.54) is 53.5 Å². The van der Waals surface area contributed by atoms with E-state index in [1.54, 1.807) is 0 Å². The van der Waals surface area contributed by atoms with Crippen molar-refractivity contribution < 1.29 is 26.2 Å². The first-order valence-corrected chi connectivity index (χ1v) is 13.3. The van der Waals surface area contributed by atoms with Crippen LogP contribution in [0.3, 0.4) is 0 Å². The van der Waals surface area contributed by atoms with Crippen LogP contribution in [0.25, 0.3) is 0 Å². The molecule has 0 aliphatic heterocycles. The summed E-state index contributed by atoms with van der Waals surface area (Å²) in [6.45, 7) is 17.5. The maximum Gasteiger partial charge on any atom is 3.00 e. The maximum absolute atomic E-state index is 3.36. The monoisotopic (exact) mass is 484 g/mol. The molecule has 0 aromatic heterocycles. The number of rotatable bonds is 4. The predicted molar refractivity (Wildman–Crippen MR) is 130 cm³/mol. The number of allylic oxidation sites excluding steroid dienone is 12. The van der Waals surface area contributed by atoms with Crippen LogP contribution >= 0.6 is 0 Å². The average molecular weight is 486 g/mol. The summed E-state index contributed by atoms with van der Waals surface area (Å²) >= 11 is 0. The summed E-state index contributed by atoms with van der Waals surface area (Å²) < 4.78 is 0. The fourth-order valence-electron chi connectivity index (χ4n) is 2.94. The molecule has 2 heteroatoms. The molecule has 0 heterocycles. The van der Waals surface area contributed by atoms with Gasteiger partial charge < -0.3 is 0 Å². The van der Waals surface area contributed by atoms with Crippen molar-refractivity contribution in [2.75, 3.05) is 0 Å².